The second-order valence-electron chi connectivity index (χ2n) is 5.00. The van der Waals surface area contributed by atoms with Crippen molar-refractivity contribution < 1.29 is 19.0 Å². The first-order valence-electron chi connectivity index (χ1n) is 7.22. The van der Waals surface area contributed by atoms with Crippen LogP contribution < -0.4 is 15.4 Å². The van der Waals surface area contributed by atoms with Crippen LogP contribution in [0.3, 0.4) is 0 Å². The molecule has 0 bridgehead atoms. The number of halogens is 1. The predicted molar refractivity (Wildman–Crippen MR) is 86.0 cm³/mol. The lowest BCUT2D eigenvalue weighted by Gasteiger charge is -2.12. The summed E-state index contributed by atoms with van der Waals surface area (Å²) in [4.78, 5) is 11.9. The molecule has 2 aromatic carbocycles. The van der Waals surface area contributed by atoms with Crippen LogP contribution in [-0.2, 0) is 6.54 Å². The predicted octanol–water partition coefficient (Wildman–Crippen LogP) is 2.83. The van der Waals surface area contributed by atoms with Gasteiger partial charge in [0.1, 0.15) is 18.2 Å². The van der Waals surface area contributed by atoms with Gasteiger partial charge in [-0.25, -0.2) is 9.18 Å². The van der Waals surface area contributed by atoms with E-state index in [0.29, 0.717) is 11.4 Å². The van der Waals surface area contributed by atoms with Crippen LogP contribution in [0.4, 0.5) is 14.9 Å². The Morgan fingerprint density at radius 1 is 1.26 bits per heavy atom. The molecule has 6 heteroatoms. The minimum Gasteiger partial charge on any atom is -0.491 e. The molecule has 2 aromatic rings. The van der Waals surface area contributed by atoms with E-state index in [2.05, 4.69) is 10.6 Å². The van der Waals surface area contributed by atoms with Crippen molar-refractivity contribution in [2.24, 2.45) is 0 Å². The molecule has 2 amide bonds. The molecule has 0 atom stereocenters. The number of rotatable bonds is 6. The van der Waals surface area contributed by atoms with Crippen molar-refractivity contribution in [1.29, 1.82) is 0 Å². The number of ether oxygens (including phenoxy) is 1. The molecule has 0 spiro atoms. The van der Waals surface area contributed by atoms with Crippen LogP contribution in [0, 0.1) is 12.7 Å². The fourth-order valence-corrected chi connectivity index (χ4v) is 2.11. The number of urea groups is 1. The lowest BCUT2D eigenvalue weighted by molar-refractivity contribution is 0.200. The van der Waals surface area contributed by atoms with Gasteiger partial charge in [0.2, 0.25) is 0 Å². The maximum absolute atomic E-state index is 13.3. The van der Waals surface area contributed by atoms with Gasteiger partial charge in [0.05, 0.1) is 6.61 Å². The minimum atomic E-state index is -0.438. The molecule has 0 unspecified atom stereocenters. The Kier molecular flexibility index (Phi) is 5.94. The molecule has 0 aromatic heterocycles. The van der Waals surface area contributed by atoms with Gasteiger partial charge in [-0.05, 0) is 36.8 Å². The number of hydrogen-bond acceptors (Lipinski definition) is 3. The van der Waals surface area contributed by atoms with Gasteiger partial charge < -0.3 is 20.5 Å². The number of carbonyl (C=O) groups excluding carboxylic acids is 1. The normalized spacial score (nSPS) is 10.2. The van der Waals surface area contributed by atoms with Crippen LogP contribution in [0.5, 0.6) is 5.75 Å². The number of aliphatic hydroxyl groups is 1. The summed E-state index contributed by atoms with van der Waals surface area (Å²) < 4.78 is 18.7. The largest absolute Gasteiger partial charge is 0.491 e. The number of para-hydroxylation sites is 1. The zero-order valence-corrected chi connectivity index (χ0v) is 12.8. The average molecular weight is 318 g/mol. The third-order valence-corrected chi connectivity index (χ3v) is 3.06. The highest BCUT2D eigenvalue weighted by Gasteiger charge is 2.07. The zero-order chi connectivity index (χ0) is 16.7. The minimum absolute atomic E-state index is 0.0822. The zero-order valence-electron chi connectivity index (χ0n) is 12.8. The van der Waals surface area contributed by atoms with Crippen LogP contribution in [0.25, 0.3) is 0 Å². The lowest BCUT2D eigenvalue weighted by atomic mass is 10.2. The highest BCUT2D eigenvalue weighted by Crippen LogP contribution is 2.18. The molecular formula is C17H19FN2O3. The van der Waals surface area contributed by atoms with Crippen molar-refractivity contribution in [2.45, 2.75) is 13.5 Å². The number of amides is 2. The van der Waals surface area contributed by atoms with Crippen molar-refractivity contribution in [3.8, 4) is 5.75 Å². The Morgan fingerprint density at radius 2 is 2.04 bits per heavy atom. The van der Waals surface area contributed by atoms with Gasteiger partial charge in [0, 0.05) is 17.8 Å². The van der Waals surface area contributed by atoms with E-state index in [4.69, 9.17) is 9.84 Å². The summed E-state index contributed by atoms with van der Waals surface area (Å²) in [5.41, 5.74) is 1.90. The maximum atomic E-state index is 13.3. The third kappa shape index (κ3) is 5.27. The molecule has 0 fully saturated rings. The Labute approximate surface area is 134 Å². The summed E-state index contributed by atoms with van der Waals surface area (Å²) in [6.07, 6.45) is 0. The van der Waals surface area contributed by atoms with Gasteiger partial charge in [-0.1, -0.05) is 18.2 Å². The molecule has 0 aliphatic rings. The van der Waals surface area contributed by atoms with Crippen molar-refractivity contribution in [2.75, 3.05) is 18.5 Å². The summed E-state index contributed by atoms with van der Waals surface area (Å²) in [6, 6.07) is 11.1. The van der Waals surface area contributed by atoms with E-state index in [-0.39, 0.29) is 19.8 Å². The van der Waals surface area contributed by atoms with Crippen molar-refractivity contribution in [3.63, 3.8) is 0 Å². The molecule has 0 heterocycles. The summed E-state index contributed by atoms with van der Waals surface area (Å²) in [5, 5.41) is 14.1. The van der Waals surface area contributed by atoms with Crippen LogP contribution in [0.2, 0.25) is 0 Å². The number of nitrogens with one attached hydrogen (secondary N) is 2. The summed E-state index contributed by atoms with van der Waals surface area (Å²) in [7, 11) is 0. The van der Waals surface area contributed by atoms with E-state index in [0.717, 1.165) is 11.1 Å². The van der Waals surface area contributed by atoms with E-state index >= 15 is 0 Å². The molecule has 122 valence electrons. The Morgan fingerprint density at radius 3 is 2.78 bits per heavy atom. The first-order valence-corrected chi connectivity index (χ1v) is 7.22. The molecule has 0 saturated carbocycles. The number of aliphatic hydroxyl groups excluding tert-OH is 1. The highest BCUT2D eigenvalue weighted by molar-refractivity contribution is 5.89. The highest BCUT2D eigenvalue weighted by atomic mass is 19.1. The molecule has 5 nitrogen and oxygen atoms in total. The van der Waals surface area contributed by atoms with Crippen LogP contribution in [0.15, 0.2) is 42.5 Å². The maximum Gasteiger partial charge on any atom is 0.319 e. The number of anilines is 1. The SMILES string of the molecule is Cc1cc(F)cc(NC(=O)NCc2ccccc2OCCO)c1. The first kappa shape index (κ1) is 16.8. The third-order valence-electron chi connectivity index (χ3n) is 3.06. The second-order valence-corrected chi connectivity index (χ2v) is 5.00. The smallest absolute Gasteiger partial charge is 0.319 e. The number of hydrogen-bond donors (Lipinski definition) is 3. The van der Waals surface area contributed by atoms with Crippen LogP contribution in [0.1, 0.15) is 11.1 Å². The molecular weight excluding hydrogens is 299 g/mol. The second kappa shape index (κ2) is 8.14. The molecule has 0 aliphatic carbocycles. The van der Waals surface area contributed by atoms with E-state index in [1.54, 1.807) is 19.1 Å². The van der Waals surface area contributed by atoms with E-state index in [1.807, 2.05) is 18.2 Å². The Bertz CT molecular complexity index is 656. The van der Waals surface area contributed by atoms with Gasteiger partial charge in [0.15, 0.2) is 0 Å². The monoisotopic (exact) mass is 318 g/mol. The van der Waals surface area contributed by atoms with Crippen LogP contribution >= 0.6 is 0 Å². The Balaban J connectivity index is 1.94. The van der Waals surface area contributed by atoms with Crippen molar-refractivity contribution in [3.05, 3.63) is 59.4 Å². The van der Waals surface area contributed by atoms with E-state index < -0.39 is 11.8 Å². The number of carbonyl (C=O) groups is 1. The fourth-order valence-electron chi connectivity index (χ4n) is 2.11. The molecule has 3 N–H and O–H groups in total. The molecule has 23 heavy (non-hydrogen) atoms. The number of benzene rings is 2. The van der Waals surface area contributed by atoms with Crippen molar-refractivity contribution >= 4 is 11.7 Å². The Hall–Kier alpha value is -2.60. The van der Waals surface area contributed by atoms with E-state index in [1.165, 1.54) is 12.1 Å². The quantitative estimate of drug-likeness (QED) is 0.767. The topological polar surface area (TPSA) is 70.6 Å². The van der Waals surface area contributed by atoms with Gasteiger partial charge >= 0.3 is 6.03 Å². The lowest BCUT2D eigenvalue weighted by Crippen LogP contribution is -2.28. The van der Waals surface area contributed by atoms with Gasteiger partial charge in [0.25, 0.3) is 0 Å². The fraction of sp³-hybridized carbons (Fsp3) is 0.235. The first-order chi connectivity index (χ1) is 11.1. The van der Waals surface area contributed by atoms with E-state index in [9.17, 15) is 9.18 Å². The standard InChI is InChI=1S/C17H19FN2O3/c1-12-8-14(18)10-15(9-12)20-17(22)19-11-13-4-2-3-5-16(13)23-7-6-21/h2-5,8-10,21H,6-7,11H2,1H3,(H2,19,20,22). The molecule has 0 radical (unpaired) electrons. The molecule has 0 aliphatic heterocycles. The van der Waals surface area contributed by atoms with Gasteiger partial charge in [-0.3, -0.25) is 0 Å². The van der Waals surface area contributed by atoms with Gasteiger partial charge in [-0.15, -0.1) is 0 Å². The van der Waals surface area contributed by atoms with Crippen LogP contribution in [-0.4, -0.2) is 24.4 Å². The summed E-state index contributed by atoms with van der Waals surface area (Å²) >= 11 is 0. The summed E-state index contributed by atoms with van der Waals surface area (Å²) in [5.74, 6) is 0.200. The van der Waals surface area contributed by atoms with Crippen molar-refractivity contribution in [1.82, 2.24) is 5.32 Å². The molecule has 0 saturated heterocycles. The summed E-state index contributed by atoms with van der Waals surface area (Å²) in [6.45, 7) is 2.11. The average Bonchev–Trinajstić information content (AvgIpc) is 2.50. The number of aryl methyl sites for hydroxylation is 1. The molecule has 2 rings (SSSR count). The van der Waals surface area contributed by atoms with Gasteiger partial charge in [-0.2, -0.15) is 0 Å².